The molecule has 8 atom stereocenters. The Morgan fingerprint density at radius 3 is 2.37 bits per heavy atom. The van der Waals surface area contributed by atoms with Crippen LogP contribution in [0.4, 0.5) is 0 Å². The Hall–Kier alpha value is -2.06. The molecule has 0 aromatic rings. The number of Topliss-reactive ketones (excluding diaryl/α,β-unsaturated/α-hetero) is 2. The zero-order valence-corrected chi connectivity index (χ0v) is 17.4. The first-order valence-corrected chi connectivity index (χ1v) is 10.4. The normalized spacial score (nSPS) is 47.4. The van der Waals surface area contributed by atoms with Crippen molar-refractivity contribution in [1.82, 2.24) is 0 Å². The molecule has 0 aromatic carbocycles. The third-order valence-electron chi connectivity index (χ3n) is 8.35. The summed E-state index contributed by atoms with van der Waals surface area (Å²) in [6.07, 6.45) is -1.77. The molecule has 4 rings (SSSR count). The molecular formula is C22H28O8. The number of carbonyl (C=O) groups excluding carboxylic acids is 4. The number of aliphatic hydroxyl groups excluding tert-OH is 2. The summed E-state index contributed by atoms with van der Waals surface area (Å²) in [6.45, 7) is 6.02. The summed E-state index contributed by atoms with van der Waals surface area (Å²) in [7, 11) is 0. The van der Waals surface area contributed by atoms with Crippen LogP contribution in [0.15, 0.2) is 11.1 Å². The van der Waals surface area contributed by atoms with Gasteiger partial charge in [-0.05, 0) is 25.2 Å². The summed E-state index contributed by atoms with van der Waals surface area (Å²) in [5, 5.41) is 22.2. The molecule has 8 heteroatoms. The van der Waals surface area contributed by atoms with E-state index in [-0.39, 0.29) is 30.1 Å². The molecule has 0 amide bonds. The minimum atomic E-state index is -1.44. The largest absolute Gasteiger partial charge is 0.467 e. The van der Waals surface area contributed by atoms with E-state index >= 15 is 0 Å². The van der Waals surface area contributed by atoms with Crippen LogP contribution in [0.2, 0.25) is 0 Å². The van der Waals surface area contributed by atoms with Crippen LogP contribution >= 0.6 is 0 Å². The highest BCUT2D eigenvalue weighted by molar-refractivity contribution is 6.19. The van der Waals surface area contributed by atoms with Crippen molar-refractivity contribution in [2.24, 2.45) is 28.1 Å². The van der Waals surface area contributed by atoms with Crippen LogP contribution in [0.3, 0.4) is 0 Å². The van der Waals surface area contributed by atoms with Crippen LogP contribution in [0.1, 0.15) is 46.5 Å². The molecule has 8 nitrogen and oxygen atoms in total. The number of hydrogen-bond acceptors (Lipinski definition) is 8. The second kappa shape index (κ2) is 6.72. The third-order valence-corrected chi connectivity index (χ3v) is 8.35. The summed E-state index contributed by atoms with van der Waals surface area (Å²) < 4.78 is 10.3. The van der Waals surface area contributed by atoms with Gasteiger partial charge in [0, 0.05) is 27.9 Å². The summed E-state index contributed by atoms with van der Waals surface area (Å²) in [6, 6.07) is 0. The quantitative estimate of drug-likeness (QED) is 0.623. The average Bonchev–Trinajstić information content (AvgIpc) is 3.37. The summed E-state index contributed by atoms with van der Waals surface area (Å²) >= 11 is 0. The molecule has 0 heterocycles. The maximum Gasteiger partial charge on any atom is 0.293 e. The lowest BCUT2D eigenvalue weighted by molar-refractivity contribution is -0.172. The third kappa shape index (κ3) is 2.46. The highest BCUT2D eigenvalue weighted by Gasteiger charge is 2.72. The second-order valence-electron chi connectivity index (χ2n) is 9.98. The number of hydrogen-bond donors (Lipinski definition) is 2. The molecule has 164 valence electrons. The summed E-state index contributed by atoms with van der Waals surface area (Å²) in [4.78, 5) is 49.2. The molecule has 0 unspecified atom stereocenters. The molecule has 2 saturated carbocycles. The minimum Gasteiger partial charge on any atom is -0.467 e. The molecule has 4 aliphatic carbocycles. The number of rotatable bonds is 5. The summed E-state index contributed by atoms with van der Waals surface area (Å²) in [5.41, 5.74) is -2.61. The number of aliphatic hydroxyl groups is 2. The maximum absolute atomic E-state index is 13.5. The van der Waals surface area contributed by atoms with E-state index in [1.54, 1.807) is 6.92 Å². The Morgan fingerprint density at radius 1 is 1.13 bits per heavy atom. The highest BCUT2D eigenvalue weighted by atomic mass is 16.5. The van der Waals surface area contributed by atoms with E-state index in [9.17, 15) is 29.4 Å². The zero-order chi connectivity index (χ0) is 22.1. The van der Waals surface area contributed by atoms with Crippen molar-refractivity contribution in [2.75, 3.05) is 6.61 Å². The molecule has 2 N–H and O–H groups in total. The Balaban J connectivity index is 1.93. The van der Waals surface area contributed by atoms with Gasteiger partial charge in [0.05, 0.1) is 18.1 Å². The van der Waals surface area contributed by atoms with Crippen LogP contribution in [0.5, 0.6) is 0 Å². The molecule has 0 aliphatic heterocycles. The van der Waals surface area contributed by atoms with Crippen molar-refractivity contribution in [3.63, 3.8) is 0 Å². The number of ether oxygens (including phenoxy) is 2. The SMILES string of the molecule is C[C@@H]1C[C@@]12C(=O)C1=C(C(=O)[C@@H]2O)[C@@]2(C)CCC[C@](C)(COC=O)[C@@H]2[C@H](O)[C@H]1OC=O. The zero-order valence-electron chi connectivity index (χ0n) is 17.4. The van der Waals surface area contributed by atoms with Crippen molar-refractivity contribution in [3.05, 3.63) is 11.1 Å². The van der Waals surface area contributed by atoms with Gasteiger partial charge in [0.1, 0.15) is 6.10 Å². The molecular weight excluding hydrogens is 392 g/mol. The van der Waals surface area contributed by atoms with Crippen LogP contribution in [0, 0.1) is 28.1 Å². The van der Waals surface area contributed by atoms with E-state index in [4.69, 9.17) is 9.47 Å². The van der Waals surface area contributed by atoms with Gasteiger partial charge in [-0.25, -0.2) is 0 Å². The van der Waals surface area contributed by atoms with E-state index in [2.05, 4.69) is 0 Å². The van der Waals surface area contributed by atoms with Gasteiger partial charge in [-0.3, -0.25) is 19.2 Å². The van der Waals surface area contributed by atoms with Crippen LogP contribution in [-0.4, -0.2) is 59.6 Å². The first-order chi connectivity index (χ1) is 14.1. The lowest BCUT2D eigenvalue weighted by Crippen LogP contribution is -2.64. The summed E-state index contributed by atoms with van der Waals surface area (Å²) in [5.74, 6) is -1.71. The van der Waals surface area contributed by atoms with Crippen LogP contribution in [-0.2, 0) is 28.7 Å². The molecule has 1 spiro atoms. The van der Waals surface area contributed by atoms with Crippen LogP contribution in [0.25, 0.3) is 0 Å². The first kappa shape index (κ1) is 21.2. The molecule has 30 heavy (non-hydrogen) atoms. The van der Waals surface area contributed by atoms with Gasteiger partial charge >= 0.3 is 0 Å². The Morgan fingerprint density at radius 2 is 1.80 bits per heavy atom. The van der Waals surface area contributed by atoms with E-state index in [1.165, 1.54) is 0 Å². The minimum absolute atomic E-state index is 0.0237. The van der Waals surface area contributed by atoms with Gasteiger partial charge in [-0.15, -0.1) is 0 Å². The van der Waals surface area contributed by atoms with E-state index in [0.717, 1.165) is 0 Å². The van der Waals surface area contributed by atoms with Gasteiger partial charge in [0.15, 0.2) is 17.7 Å². The van der Waals surface area contributed by atoms with Gasteiger partial charge in [0.2, 0.25) is 0 Å². The van der Waals surface area contributed by atoms with E-state index in [1.807, 2.05) is 13.8 Å². The fraction of sp³-hybridized carbons (Fsp3) is 0.727. The Bertz CT molecular complexity index is 848. The van der Waals surface area contributed by atoms with Gasteiger partial charge in [-0.2, -0.15) is 0 Å². The van der Waals surface area contributed by atoms with Crippen molar-refractivity contribution in [2.45, 2.75) is 64.8 Å². The first-order valence-electron chi connectivity index (χ1n) is 10.4. The van der Waals surface area contributed by atoms with Crippen molar-refractivity contribution in [1.29, 1.82) is 0 Å². The predicted octanol–water partition coefficient (Wildman–Crippen LogP) is 0.724. The average molecular weight is 420 g/mol. The van der Waals surface area contributed by atoms with E-state index < -0.39 is 52.0 Å². The maximum atomic E-state index is 13.5. The highest BCUT2D eigenvalue weighted by Crippen LogP contribution is 2.66. The molecule has 0 bridgehead atoms. The topological polar surface area (TPSA) is 127 Å². The Labute approximate surface area is 174 Å². The van der Waals surface area contributed by atoms with Crippen molar-refractivity contribution in [3.8, 4) is 0 Å². The lowest BCUT2D eigenvalue weighted by atomic mass is 9.46. The smallest absolute Gasteiger partial charge is 0.293 e. The number of fused-ring (bicyclic) bond motifs is 2. The number of ketones is 2. The molecule has 0 aromatic heterocycles. The van der Waals surface area contributed by atoms with E-state index in [0.29, 0.717) is 32.2 Å². The molecule has 0 radical (unpaired) electrons. The fourth-order valence-electron chi connectivity index (χ4n) is 6.95. The van der Waals surface area contributed by atoms with Crippen LogP contribution < -0.4 is 0 Å². The van der Waals surface area contributed by atoms with Gasteiger partial charge in [-0.1, -0.05) is 27.2 Å². The molecule has 0 saturated heterocycles. The second-order valence-corrected chi connectivity index (χ2v) is 9.98. The van der Waals surface area contributed by atoms with Crippen molar-refractivity contribution >= 4 is 24.5 Å². The predicted molar refractivity (Wildman–Crippen MR) is 102 cm³/mol. The van der Waals surface area contributed by atoms with Crippen molar-refractivity contribution < 1.29 is 38.9 Å². The lowest BCUT2D eigenvalue weighted by Gasteiger charge is -2.59. The molecule has 4 aliphatic rings. The standard InChI is InChI=1S/C22H28O8/c1-11-7-22(11)18(27)12-13(14(25)19(22)28)21(3)6-4-5-20(2,8-29-9-23)17(21)15(26)16(12)30-10-24/h9-11,15-17,19,26,28H,4-8H2,1-3H3/t11-,15-,16+,17+,19+,20-,21-,22+/m1/s1. The molecule has 2 fully saturated rings. The monoisotopic (exact) mass is 420 g/mol. The number of carbonyl (C=O) groups is 4. The van der Waals surface area contributed by atoms with Gasteiger partial charge < -0.3 is 19.7 Å². The van der Waals surface area contributed by atoms with Gasteiger partial charge in [0.25, 0.3) is 12.9 Å². The Kier molecular flexibility index (Phi) is 4.74. The fourth-order valence-corrected chi connectivity index (χ4v) is 6.95.